The third-order valence-corrected chi connectivity index (χ3v) is 16.1. The lowest BCUT2D eigenvalue weighted by Gasteiger charge is -2.73. The zero-order valence-electron chi connectivity index (χ0n) is 30.8. The number of fused-ring (bicyclic) bond motifs is 7. The van der Waals surface area contributed by atoms with E-state index in [-0.39, 0.29) is 33.5 Å². The number of amides is 1. The Morgan fingerprint density at radius 3 is 2.04 bits per heavy atom. The summed E-state index contributed by atoms with van der Waals surface area (Å²) in [5, 5.41) is 34.5. The zero-order valence-corrected chi connectivity index (χ0v) is 30.8. The maximum atomic E-state index is 14.3. The van der Waals surface area contributed by atoms with E-state index in [4.69, 9.17) is 5.11 Å². The molecule has 5 rings (SSSR count). The maximum absolute atomic E-state index is 14.3. The average Bonchev–Trinajstić information content (AvgIpc) is 3.40. The van der Waals surface area contributed by atoms with E-state index >= 15 is 0 Å². The average molecular weight is 656 g/mol. The number of carboxylic acids is 1. The van der Waals surface area contributed by atoms with E-state index < -0.39 is 18.2 Å². The fourth-order valence-corrected chi connectivity index (χ4v) is 13.5. The summed E-state index contributed by atoms with van der Waals surface area (Å²) in [4.78, 5) is 25.0. The van der Waals surface area contributed by atoms with Crippen LogP contribution in [0.1, 0.15) is 157 Å². The van der Waals surface area contributed by atoms with Gasteiger partial charge >= 0.3 is 5.97 Å². The Labute approximate surface area is 286 Å². The van der Waals surface area contributed by atoms with Crippen LogP contribution in [0.4, 0.5) is 0 Å². The van der Waals surface area contributed by atoms with Gasteiger partial charge in [-0.25, -0.2) is 0 Å². The first-order valence-electron chi connectivity index (χ1n) is 19.6. The quantitative estimate of drug-likeness (QED) is 0.117. The SMILES string of the molecule is C=C(C)[C@@H]1CC[C@]2(C(=O)NCCCCCCCCCCC(=O)O)CC[C@]3(C)C(CC[C@@H]4[C@@]5(C)C[C@H](O)[C@H](O)C(C)(C)[C@@H]5CC[C@]43C)[C@@H]12. The molecule has 5 saturated carbocycles. The minimum atomic E-state index is -0.696. The fraction of sp³-hybridized carbons (Fsp3) is 0.902. The zero-order chi connectivity index (χ0) is 34.4. The van der Waals surface area contributed by atoms with Gasteiger partial charge in [0, 0.05) is 13.0 Å². The van der Waals surface area contributed by atoms with Crippen LogP contribution in [0.5, 0.6) is 0 Å². The highest BCUT2D eigenvalue weighted by Gasteiger charge is 2.72. The Hall–Kier alpha value is -1.40. The van der Waals surface area contributed by atoms with Gasteiger partial charge in [-0.05, 0) is 129 Å². The van der Waals surface area contributed by atoms with Gasteiger partial charge in [0.2, 0.25) is 5.91 Å². The molecule has 11 atom stereocenters. The van der Waals surface area contributed by atoms with Crippen LogP contribution < -0.4 is 5.32 Å². The lowest BCUT2D eigenvalue weighted by atomic mass is 9.32. The molecule has 0 heterocycles. The van der Waals surface area contributed by atoms with Crippen molar-refractivity contribution in [2.75, 3.05) is 6.54 Å². The standard InChI is InChI=1S/C41H69NO5/c1-27(2)28-19-22-41(36(47)42-25-15-13-11-9-8-10-12-14-16-33(44)45)24-23-39(6)29(34(28)41)17-18-32-38(5)26-30(43)35(46)37(3,4)31(38)20-21-40(32,39)7/h28-32,34-35,43,46H,1,8-26H2,2-7H3,(H,42,47)(H,44,45)/t28-,29?,30-,31-,32+,34+,35-,38-,39+,40+,41-/m0/s1. The molecule has 6 nitrogen and oxygen atoms in total. The molecule has 1 unspecified atom stereocenters. The second kappa shape index (κ2) is 13.7. The van der Waals surface area contributed by atoms with Crippen molar-refractivity contribution in [1.29, 1.82) is 0 Å². The smallest absolute Gasteiger partial charge is 0.303 e. The van der Waals surface area contributed by atoms with Crippen LogP contribution in [-0.4, -0.2) is 45.9 Å². The molecule has 268 valence electrons. The van der Waals surface area contributed by atoms with Crippen LogP contribution in [0.2, 0.25) is 0 Å². The van der Waals surface area contributed by atoms with E-state index in [9.17, 15) is 19.8 Å². The maximum Gasteiger partial charge on any atom is 0.303 e. The van der Waals surface area contributed by atoms with Gasteiger partial charge in [-0.1, -0.05) is 85.3 Å². The number of carbonyl (C=O) groups excluding carboxylic acids is 1. The van der Waals surface area contributed by atoms with Crippen molar-refractivity contribution in [1.82, 2.24) is 5.32 Å². The van der Waals surface area contributed by atoms with Crippen molar-refractivity contribution >= 4 is 11.9 Å². The summed E-state index contributed by atoms with van der Waals surface area (Å²) >= 11 is 0. The summed E-state index contributed by atoms with van der Waals surface area (Å²) in [6, 6.07) is 0. The van der Waals surface area contributed by atoms with Gasteiger partial charge in [0.1, 0.15) is 0 Å². The molecule has 0 aromatic carbocycles. The second-order valence-corrected chi connectivity index (χ2v) is 18.6. The predicted octanol–water partition coefficient (Wildman–Crippen LogP) is 8.69. The van der Waals surface area contributed by atoms with Crippen LogP contribution in [0, 0.1) is 56.7 Å². The van der Waals surface area contributed by atoms with Crippen LogP contribution in [0.15, 0.2) is 12.2 Å². The number of rotatable bonds is 13. The van der Waals surface area contributed by atoms with Crippen molar-refractivity contribution in [3.63, 3.8) is 0 Å². The van der Waals surface area contributed by atoms with E-state index in [1.165, 1.54) is 31.3 Å². The Morgan fingerprint density at radius 2 is 1.40 bits per heavy atom. The summed E-state index contributed by atoms with van der Waals surface area (Å²) in [5.41, 5.74) is 0.937. The molecule has 0 spiro atoms. The molecule has 4 N–H and O–H groups in total. The van der Waals surface area contributed by atoms with Gasteiger partial charge in [-0.15, -0.1) is 0 Å². The van der Waals surface area contributed by atoms with Crippen LogP contribution in [0.3, 0.4) is 0 Å². The molecule has 5 fully saturated rings. The molecule has 0 radical (unpaired) electrons. The number of aliphatic hydroxyl groups is 2. The highest BCUT2D eigenvalue weighted by atomic mass is 16.4. The number of hydrogen-bond acceptors (Lipinski definition) is 4. The minimum Gasteiger partial charge on any atom is -0.481 e. The summed E-state index contributed by atoms with van der Waals surface area (Å²) in [7, 11) is 0. The van der Waals surface area contributed by atoms with Gasteiger partial charge in [0.25, 0.3) is 0 Å². The van der Waals surface area contributed by atoms with Crippen molar-refractivity contribution in [3.8, 4) is 0 Å². The van der Waals surface area contributed by atoms with Gasteiger partial charge < -0.3 is 20.6 Å². The normalized spacial score (nSPS) is 43.6. The third kappa shape index (κ3) is 6.16. The second-order valence-electron chi connectivity index (χ2n) is 18.6. The molecule has 0 aliphatic heterocycles. The molecule has 0 saturated heterocycles. The molecule has 0 bridgehead atoms. The molecular formula is C41H69NO5. The van der Waals surface area contributed by atoms with E-state index in [0.29, 0.717) is 41.9 Å². The van der Waals surface area contributed by atoms with Gasteiger partial charge in [0.15, 0.2) is 0 Å². The predicted molar refractivity (Wildman–Crippen MR) is 189 cm³/mol. The van der Waals surface area contributed by atoms with Gasteiger partial charge in [-0.2, -0.15) is 0 Å². The summed E-state index contributed by atoms with van der Waals surface area (Å²) in [6.45, 7) is 19.5. The van der Waals surface area contributed by atoms with Gasteiger partial charge in [0.05, 0.1) is 17.6 Å². The summed E-state index contributed by atoms with van der Waals surface area (Å²) in [6.07, 6.45) is 16.9. The first-order valence-corrected chi connectivity index (χ1v) is 19.6. The number of unbranched alkanes of at least 4 members (excludes halogenated alkanes) is 7. The Morgan fingerprint density at radius 1 is 0.766 bits per heavy atom. The number of hydrogen-bond donors (Lipinski definition) is 4. The van der Waals surface area contributed by atoms with Crippen molar-refractivity contribution < 1.29 is 24.9 Å². The molecule has 47 heavy (non-hydrogen) atoms. The van der Waals surface area contributed by atoms with E-state index in [2.05, 4.69) is 53.4 Å². The lowest BCUT2D eigenvalue weighted by molar-refractivity contribution is -0.262. The van der Waals surface area contributed by atoms with E-state index in [0.717, 1.165) is 83.6 Å². The number of allylic oxidation sites excluding steroid dienone is 1. The van der Waals surface area contributed by atoms with Gasteiger partial charge in [-0.3, -0.25) is 9.59 Å². The van der Waals surface area contributed by atoms with Crippen molar-refractivity contribution in [3.05, 3.63) is 12.2 Å². The summed E-state index contributed by atoms with van der Waals surface area (Å²) in [5.74, 6) is 1.76. The third-order valence-electron chi connectivity index (χ3n) is 16.1. The molecule has 1 amide bonds. The molecule has 0 aromatic heterocycles. The van der Waals surface area contributed by atoms with Crippen molar-refractivity contribution in [2.45, 2.75) is 169 Å². The highest BCUT2D eigenvalue weighted by molar-refractivity contribution is 5.83. The first kappa shape index (κ1) is 36.9. The Kier molecular flexibility index (Phi) is 10.8. The van der Waals surface area contributed by atoms with Crippen LogP contribution in [0.25, 0.3) is 0 Å². The topological polar surface area (TPSA) is 107 Å². The molecule has 5 aliphatic carbocycles. The number of nitrogens with one attached hydrogen (secondary N) is 1. The van der Waals surface area contributed by atoms with E-state index in [1.807, 2.05) is 0 Å². The largest absolute Gasteiger partial charge is 0.481 e. The number of carboxylic acid groups (broad SMARTS) is 1. The molecular weight excluding hydrogens is 586 g/mol. The first-order chi connectivity index (χ1) is 22.1. The van der Waals surface area contributed by atoms with E-state index in [1.54, 1.807) is 0 Å². The minimum absolute atomic E-state index is 0.00118. The van der Waals surface area contributed by atoms with Crippen LogP contribution in [-0.2, 0) is 9.59 Å². The number of carbonyl (C=O) groups is 2. The lowest BCUT2D eigenvalue weighted by Crippen LogP contribution is -2.68. The summed E-state index contributed by atoms with van der Waals surface area (Å²) < 4.78 is 0. The molecule has 0 aromatic rings. The fourth-order valence-electron chi connectivity index (χ4n) is 13.5. The Balaban J connectivity index is 1.25. The van der Waals surface area contributed by atoms with Crippen molar-refractivity contribution in [2.24, 2.45) is 56.7 Å². The Bertz CT molecular complexity index is 1170. The van der Waals surface area contributed by atoms with Crippen LogP contribution >= 0.6 is 0 Å². The number of aliphatic hydroxyl groups excluding tert-OH is 2. The number of aliphatic carboxylic acids is 1. The monoisotopic (exact) mass is 656 g/mol. The molecule has 5 aliphatic rings. The molecule has 6 heteroatoms. The highest BCUT2D eigenvalue weighted by Crippen LogP contribution is 2.77.